The summed E-state index contributed by atoms with van der Waals surface area (Å²) in [6.45, 7) is 6.53. The first-order valence-corrected chi connectivity index (χ1v) is 7.26. The van der Waals surface area contributed by atoms with E-state index in [1.54, 1.807) is 12.1 Å². The number of nitrogens with one attached hydrogen (secondary N) is 1. The summed E-state index contributed by atoms with van der Waals surface area (Å²) in [5.74, 6) is 1.33. The van der Waals surface area contributed by atoms with E-state index in [0.717, 1.165) is 31.0 Å². The Kier molecular flexibility index (Phi) is 5.15. The fourth-order valence-corrected chi connectivity index (χ4v) is 3.07. The van der Waals surface area contributed by atoms with Crippen molar-refractivity contribution in [2.75, 3.05) is 13.1 Å². The molecule has 1 aromatic carbocycles. The summed E-state index contributed by atoms with van der Waals surface area (Å²) in [7, 11) is 0. The molecule has 19 heavy (non-hydrogen) atoms. The molecule has 2 heteroatoms. The Bertz CT molecular complexity index is 439. The highest BCUT2D eigenvalue weighted by Gasteiger charge is 2.17. The molecule has 0 bridgehead atoms. The Labute approximate surface area is 115 Å². The van der Waals surface area contributed by atoms with Crippen LogP contribution in [-0.4, -0.2) is 13.1 Å². The van der Waals surface area contributed by atoms with Crippen LogP contribution in [0.3, 0.4) is 0 Å². The van der Waals surface area contributed by atoms with E-state index in [-0.39, 0.29) is 5.82 Å². The van der Waals surface area contributed by atoms with Crippen LogP contribution in [-0.2, 0) is 6.42 Å². The van der Waals surface area contributed by atoms with Crippen LogP contribution in [0, 0.1) is 17.7 Å². The molecule has 0 aliphatic heterocycles. The monoisotopic (exact) mass is 261 g/mol. The molecule has 1 N–H and O–H groups in total. The second kappa shape index (κ2) is 6.85. The van der Waals surface area contributed by atoms with E-state index in [0.29, 0.717) is 5.92 Å². The van der Waals surface area contributed by atoms with Crippen molar-refractivity contribution in [2.45, 2.75) is 33.1 Å². The van der Waals surface area contributed by atoms with Gasteiger partial charge in [-0.1, -0.05) is 30.7 Å². The minimum absolute atomic E-state index is 0.139. The summed E-state index contributed by atoms with van der Waals surface area (Å²) < 4.78 is 13.0. The molecule has 1 nitrogen and oxygen atoms in total. The standard InChI is InChI=1S/C17H24FN/c1-13-8-14(2)10-16(9-13)12-19-7-6-15-4-3-5-17(18)11-15/h3-5,8,11,13,16,19H,6-7,9-10,12H2,1-2H3. The fourth-order valence-electron chi connectivity index (χ4n) is 3.07. The zero-order chi connectivity index (χ0) is 13.7. The maximum atomic E-state index is 13.0. The highest BCUT2D eigenvalue weighted by atomic mass is 19.1. The Morgan fingerprint density at radius 2 is 2.21 bits per heavy atom. The smallest absolute Gasteiger partial charge is 0.123 e. The predicted octanol–water partition coefficient (Wildman–Crippen LogP) is 3.95. The quantitative estimate of drug-likeness (QED) is 0.625. The maximum Gasteiger partial charge on any atom is 0.123 e. The Hall–Kier alpha value is -1.15. The first-order chi connectivity index (χ1) is 9.13. The predicted molar refractivity (Wildman–Crippen MR) is 78.6 cm³/mol. The minimum atomic E-state index is -0.139. The molecule has 0 spiro atoms. The van der Waals surface area contributed by atoms with Crippen molar-refractivity contribution < 1.29 is 4.39 Å². The summed E-state index contributed by atoms with van der Waals surface area (Å²) in [6.07, 6.45) is 5.79. The second-order valence-corrected chi connectivity index (χ2v) is 5.88. The van der Waals surface area contributed by atoms with Crippen molar-refractivity contribution in [3.05, 3.63) is 47.3 Å². The molecular weight excluding hydrogens is 237 g/mol. The lowest BCUT2D eigenvalue weighted by Gasteiger charge is -2.25. The van der Waals surface area contributed by atoms with Crippen molar-refractivity contribution >= 4 is 0 Å². The number of hydrogen-bond acceptors (Lipinski definition) is 1. The molecule has 104 valence electrons. The fraction of sp³-hybridized carbons (Fsp3) is 0.529. The third-order valence-electron chi connectivity index (χ3n) is 3.80. The summed E-state index contributed by atoms with van der Waals surface area (Å²) >= 11 is 0. The van der Waals surface area contributed by atoms with E-state index in [1.165, 1.54) is 24.5 Å². The van der Waals surface area contributed by atoms with Gasteiger partial charge < -0.3 is 5.32 Å². The first kappa shape index (κ1) is 14.3. The molecule has 1 aliphatic carbocycles. The van der Waals surface area contributed by atoms with E-state index in [2.05, 4.69) is 25.2 Å². The molecule has 2 rings (SSSR count). The lowest BCUT2D eigenvalue weighted by atomic mass is 9.84. The lowest BCUT2D eigenvalue weighted by molar-refractivity contribution is 0.383. The zero-order valence-corrected chi connectivity index (χ0v) is 12.0. The molecule has 0 saturated heterocycles. The van der Waals surface area contributed by atoms with E-state index in [9.17, 15) is 4.39 Å². The molecule has 0 aromatic heterocycles. The van der Waals surface area contributed by atoms with Gasteiger partial charge in [0, 0.05) is 0 Å². The van der Waals surface area contributed by atoms with Crippen LogP contribution in [0.5, 0.6) is 0 Å². The van der Waals surface area contributed by atoms with Gasteiger partial charge >= 0.3 is 0 Å². The van der Waals surface area contributed by atoms with Crippen molar-refractivity contribution in [3.8, 4) is 0 Å². The van der Waals surface area contributed by atoms with Crippen molar-refractivity contribution in [1.29, 1.82) is 0 Å². The number of allylic oxidation sites excluding steroid dienone is 2. The van der Waals surface area contributed by atoms with Gasteiger partial charge in [0.05, 0.1) is 0 Å². The van der Waals surface area contributed by atoms with Gasteiger partial charge in [0.25, 0.3) is 0 Å². The highest BCUT2D eigenvalue weighted by Crippen LogP contribution is 2.27. The van der Waals surface area contributed by atoms with Gasteiger partial charge in [-0.25, -0.2) is 4.39 Å². The molecule has 1 aromatic rings. The molecule has 2 atom stereocenters. The number of benzene rings is 1. The van der Waals surface area contributed by atoms with Gasteiger partial charge in [0.2, 0.25) is 0 Å². The number of rotatable bonds is 5. The van der Waals surface area contributed by atoms with Crippen LogP contribution >= 0.6 is 0 Å². The van der Waals surface area contributed by atoms with Crippen LogP contribution in [0.2, 0.25) is 0 Å². The molecule has 2 unspecified atom stereocenters. The average molecular weight is 261 g/mol. The van der Waals surface area contributed by atoms with Gasteiger partial charge in [-0.15, -0.1) is 0 Å². The minimum Gasteiger partial charge on any atom is -0.316 e. The molecule has 0 amide bonds. The SMILES string of the molecule is CC1=CC(C)CC(CNCCc2cccc(F)c2)C1. The van der Waals surface area contributed by atoms with Gasteiger partial charge in [0.1, 0.15) is 5.82 Å². The van der Waals surface area contributed by atoms with Crippen LogP contribution in [0.25, 0.3) is 0 Å². The summed E-state index contributed by atoms with van der Waals surface area (Å²) in [5.41, 5.74) is 2.59. The van der Waals surface area contributed by atoms with Crippen LogP contribution in [0.15, 0.2) is 35.9 Å². The topological polar surface area (TPSA) is 12.0 Å². The molecule has 0 heterocycles. The molecule has 1 aliphatic rings. The first-order valence-electron chi connectivity index (χ1n) is 7.26. The van der Waals surface area contributed by atoms with Gasteiger partial charge in [-0.3, -0.25) is 0 Å². The van der Waals surface area contributed by atoms with Gasteiger partial charge in [-0.2, -0.15) is 0 Å². The van der Waals surface area contributed by atoms with E-state index < -0.39 is 0 Å². The Morgan fingerprint density at radius 1 is 1.37 bits per heavy atom. The van der Waals surface area contributed by atoms with Crippen molar-refractivity contribution in [2.24, 2.45) is 11.8 Å². The number of halogens is 1. The average Bonchev–Trinajstić information content (AvgIpc) is 2.34. The number of hydrogen-bond donors (Lipinski definition) is 1. The van der Waals surface area contributed by atoms with E-state index in [1.807, 2.05) is 6.07 Å². The lowest BCUT2D eigenvalue weighted by Crippen LogP contribution is -2.27. The normalized spacial score (nSPS) is 23.2. The van der Waals surface area contributed by atoms with Crippen LogP contribution < -0.4 is 5.32 Å². The second-order valence-electron chi connectivity index (χ2n) is 5.88. The summed E-state index contributed by atoms with van der Waals surface area (Å²) in [6, 6.07) is 6.88. The van der Waals surface area contributed by atoms with Crippen LogP contribution in [0.4, 0.5) is 4.39 Å². The maximum absolute atomic E-state index is 13.0. The molecular formula is C17H24FN. The van der Waals surface area contributed by atoms with Gasteiger partial charge in [-0.05, 0) is 68.8 Å². The van der Waals surface area contributed by atoms with Crippen molar-refractivity contribution in [3.63, 3.8) is 0 Å². The zero-order valence-electron chi connectivity index (χ0n) is 12.0. The third-order valence-corrected chi connectivity index (χ3v) is 3.80. The Balaban J connectivity index is 1.69. The summed E-state index contributed by atoms with van der Waals surface area (Å²) in [4.78, 5) is 0. The summed E-state index contributed by atoms with van der Waals surface area (Å²) in [5, 5.41) is 3.51. The molecule has 0 saturated carbocycles. The van der Waals surface area contributed by atoms with Gasteiger partial charge in [0.15, 0.2) is 0 Å². The Morgan fingerprint density at radius 3 is 2.95 bits per heavy atom. The largest absolute Gasteiger partial charge is 0.316 e. The van der Waals surface area contributed by atoms with Crippen molar-refractivity contribution in [1.82, 2.24) is 5.32 Å². The molecule has 0 radical (unpaired) electrons. The molecule has 0 fully saturated rings. The van der Waals surface area contributed by atoms with Crippen LogP contribution in [0.1, 0.15) is 32.3 Å². The van der Waals surface area contributed by atoms with E-state index >= 15 is 0 Å². The highest BCUT2D eigenvalue weighted by molar-refractivity contribution is 5.16. The third kappa shape index (κ3) is 4.79. The van der Waals surface area contributed by atoms with E-state index in [4.69, 9.17) is 0 Å².